The first-order chi connectivity index (χ1) is 13.5. The van der Waals surface area contributed by atoms with Crippen LogP contribution < -0.4 is 9.47 Å². The lowest BCUT2D eigenvalue weighted by molar-refractivity contribution is -0.172. The predicted molar refractivity (Wildman–Crippen MR) is 108 cm³/mol. The summed E-state index contributed by atoms with van der Waals surface area (Å²) in [5.74, 6) is -1.27. The van der Waals surface area contributed by atoms with E-state index in [-0.39, 0.29) is 22.6 Å². The topological polar surface area (TPSA) is 35.5 Å². The van der Waals surface area contributed by atoms with Crippen LogP contribution in [-0.2, 0) is 0 Å². The van der Waals surface area contributed by atoms with Crippen LogP contribution in [0.4, 0.5) is 17.6 Å². The smallest absolute Gasteiger partial charge is 0.429 e. The van der Waals surface area contributed by atoms with Crippen molar-refractivity contribution in [2.75, 3.05) is 0 Å². The van der Waals surface area contributed by atoms with Gasteiger partial charge in [-0.15, -0.1) is 0 Å². The van der Waals surface area contributed by atoms with E-state index in [9.17, 15) is 22.4 Å². The molecule has 0 radical (unpaired) electrons. The minimum atomic E-state index is -4.12. The minimum absolute atomic E-state index is 0.0832. The molecule has 2 aromatic rings. The Bertz CT molecular complexity index is 820. The Labute approximate surface area is 197 Å². The van der Waals surface area contributed by atoms with Crippen LogP contribution >= 0.6 is 69.6 Å². The maximum atomic E-state index is 13.6. The van der Waals surface area contributed by atoms with Crippen molar-refractivity contribution in [2.24, 2.45) is 0 Å². The summed E-state index contributed by atoms with van der Waals surface area (Å²) in [5.41, 5.74) is 0.166. The van der Waals surface area contributed by atoms with E-state index in [4.69, 9.17) is 69.6 Å². The summed E-state index contributed by atoms with van der Waals surface area (Å²) in [5, 5.41) is 0. The van der Waals surface area contributed by atoms with Crippen LogP contribution in [0.15, 0.2) is 48.5 Å². The lowest BCUT2D eigenvalue weighted by Gasteiger charge is -2.24. The van der Waals surface area contributed by atoms with Crippen LogP contribution in [0, 0.1) is 0 Å². The SMILES string of the molecule is O=C(c1ccc(OC(F)(F)C(Cl)(Cl)Cl)cc1)c1ccc(OC(F)(F)C(Cl)(Cl)Cl)cc1. The molecule has 0 atom stereocenters. The van der Waals surface area contributed by atoms with Crippen LogP contribution in [0.2, 0.25) is 0 Å². The monoisotopic (exact) mass is 546 g/mol. The van der Waals surface area contributed by atoms with Gasteiger partial charge in [0.2, 0.25) is 0 Å². The maximum absolute atomic E-state index is 13.6. The molecule has 0 aliphatic rings. The number of halogens is 10. The molecule has 2 aromatic carbocycles. The summed E-state index contributed by atoms with van der Waals surface area (Å²) in [6.45, 7) is 0. The molecule has 0 saturated heterocycles. The van der Waals surface area contributed by atoms with Crippen molar-refractivity contribution in [3.05, 3.63) is 59.7 Å². The van der Waals surface area contributed by atoms with Crippen molar-refractivity contribution in [2.45, 2.75) is 19.8 Å². The normalized spacial score (nSPS) is 13.1. The van der Waals surface area contributed by atoms with Gasteiger partial charge in [0.1, 0.15) is 11.5 Å². The first kappa shape index (κ1) is 25.4. The second-order valence-electron chi connectivity index (χ2n) is 5.61. The van der Waals surface area contributed by atoms with Crippen molar-refractivity contribution >= 4 is 75.4 Å². The molecule has 30 heavy (non-hydrogen) atoms. The van der Waals surface area contributed by atoms with Gasteiger partial charge in [-0.3, -0.25) is 4.79 Å². The number of ether oxygens (including phenoxy) is 2. The highest BCUT2D eigenvalue weighted by molar-refractivity contribution is 6.68. The van der Waals surface area contributed by atoms with Gasteiger partial charge in [0.25, 0.3) is 7.59 Å². The Kier molecular flexibility index (Phi) is 7.60. The van der Waals surface area contributed by atoms with Crippen LogP contribution in [0.25, 0.3) is 0 Å². The van der Waals surface area contributed by atoms with E-state index in [0.29, 0.717) is 0 Å². The first-order valence-electron chi connectivity index (χ1n) is 7.55. The molecule has 2 rings (SSSR count). The van der Waals surface area contributed by atoms with Crippen LogP contribution in [-0.4, -0.2) is 25.6 Å². The largest absolute Gasteiger partial charge is 0.446 e. The zero-order chi connectivity index (χ0) is 23.0. The van der Waals surface area contributed by atoms with Crippen molar-refractivity contribution in [3.63, 3.8) is 0 Å². The molecule has 0 fully saturated rings. The average Bonchev–Trinajstić information content (AvgIpc) is 2.60. The maximum Gasteiger partial charge on any atom is 0.446 e. The lowest BCUT2D eigenvalue weighted by Crippen LogP contribution is -2.39. The van der Waals surface area contributed by atoms with Crippen LogP contribution in [0.1, 0.15) is 15.9 Å². The van der Waals surface area contributed by atoms with E-state index in [1.54, 1.807) is 0 Å². The van der Waals surface area contributed by atoms with E-state index in [2.05, 4.69) is 9.47 Å². The van der Waals surface area contributed by atoms with E-state index in [1.807, 2.05) is 0 Å². The molecule has 0 heterocycles. The van der Waals surface area contributed by atoms with Gasteiger partial charge in [-0.05, 0) is 48.5 Å². The van der Waals surface area contributed by atoms with Gasteiger partial charge in [0, 0.05) is 11.1 Å². The van der Waals surface area contributed by atoms with Gasteiger partial charge < -0.3 is 9.47 Å². The van der Waals surface area contributed by atoms with E-state index >= 15 is 0 Å². The van der Waals surface area contributed by atoms with Crippen LogP contribution in [0.3, 0.4) is 0 Å². The molecule has 13 heteroatoms. The molecule has 0 amide bonds. The number of benzene rings is 2. The van der Waals surface area contributed by atoms with Gasteiger partial charge in [-0.2, -0.15) is 17.6 Å². The Morgan fingerprint density at radius 1 is 0.600 bits per heavy atom. The fourth-order valence-corrected chi connectivity index (χ4v) is 2.16. The van der Waals surface area contributed by atoms with Crippen molar-refractivity contribution in [3.8, 4) is 11.5 Å². The molecule has 164 valence electrons. The zero-order valence-electron chi connectivity index (χ0n) is 14.1. The highest BCUT2D eigenvalue weighted by Crippen LogP contribution is 2.44. The molecular formula is C17H8Cl6F4O3. The Balaban J connectivity index is 2.12. The molecule has 0 bridgehead atoms. The van der Waals surface area contributed by atoms with E-state index in [0.717, 1.165) is 24.3 Å². The summed E-state index contributed by atoms with van der Waals surface area (Å²) in [6.07, 6.45) is -8.23. The predicted octanol–water partition coefficient (Wildman–Crippen LogP) is 7.60. The zero-order valence-corrected chi connectivity index (χ0v) is 18.7. The van der Waals surface area contributed by atoms with Gasteiger partial charge in [0.15, 0.2) is 5.78 Å². The average molecular weight is 549 g/mol. The molecular weight excluding hydrogens is 541 g/mol. The second kappa shape index (κ2) is 8.96. The Hall–Kier alpha value is -0.830. The number of alkyl halides is 10. The highest BCUT2D eigenvalue weighted by atomic mass is 35.6. The molecule has 0 saturated carbocycles. The summed E-state index contributed by atoms with van der Waals surface area (Å²) in [6, 6.07) is 9.02. The Morgan fingerprint density at radius 2 is 0.867 bits per heavy atom. The summed E-state index contributed by atoms with van der Waals surface area (Å²) < 4.78 is 57.0. The van der Waals surface area contributed by atoms with Crippen LogP contribution in [0.5, 0.6) is 11.5 Å². The third-order valence-electron chi connectivity index (χ3n) is 3.39. The van der Waals surface area contributed by atoms with Crippen molar-refractivity contribution in [1.82, 2.24) is 0 Å². The molecule has 0 N–H and O–H groups in total. The third kappa shape index (κ3) is 6.11. The first-order valence-corrected chi connectivity index (χ1v) is 9.82. The second-order valence-corrected chi connectivity index (χ2v) is 10.2. The molecule has 0 aliphatic carbocycles. The number of hydrogen-bond donors (Lipinski definition) is 0. The molecule has 3 nitrogen and oxygen atoms in total. The van der Waals surface area contributed by atoms with Crippen molar-refractivity contribution in [1.29, 1.82) is 0 Å². The fourth-order valence-electron chi connectivity index (χ4n) is 1.93. The molecule has 0 unspecified atom stereocenters. The van der Waals surface area contributed by atoms with Gasteiger partial charge in [-0.25, -0.2) is 0 Å². The Morgan fingerprint density at radius 3 is 1.10 bits per heavy atom. The van der Waals surface area contributed by atoms with E-state index < -0.39 is 25.6 Å². The summed E-state index contributed by atoms with van der Waals surface area (Å²) >= 11 is 30.8. The third-order valence-corrected chi connectivity index (χ3v) is 4.71. The van der Waals surface area contributed by atoms with Gasteiger partial charge >= 0.3 is 12.2 Å². The fraction of sp³-hybridized carbons (Fsp3) is 0.235. The molecule has 0 spiro atoms. The number of rotatable bonds is 6. The van der Waals surface area contributed by atoms with E-state index in [1.165, 1.54) is 24.3 Å². The lowest BCUT2D eigenvalue weighted by atomic mass is 10.0. The quantitative estimate of drug-likeness (QED) is 0.212. The minimum Gasteiger partial charge on any atom is -0.429 e. The number of carbonyl (C=O) groups is 1. The number of carbonyl (C=O) groups excluding carboxylic acids is 1. The molecule has 0 aromatic heterocycles. The highest BCUT2D eigenvalue weighted by Gasteiger charge is 2.54. The van der Waals surface area contributed by atoms with Gasteiger partial charge in [-0.1, -0.05) is 69.6 Å². The standard InChI is InChI=1S/C17H8Cl6F4O3/c18-14(19,20)16(24,25)29-11-5-1-9(2-6-11)13(28)10-3-7-12(8-4-10)30-17(26,27)15(21,22)23/h1-8H. The summed E-state index contributed by atoms with van der Waals surface area (Å²) in [4.78, 5) is 12.5. The molecule has 0 aliphatic heterocycles. The van der Waals surface area contributed by atoms with Crippen molar-refractivity contribution < 1.29 is 31.8 Å². The number of ketones is 1. The summed E-state index contributed by atoms with van der Waals surface area (Å²) in [7, 11) is 0. The van der Waals surface area contributed by atoms with Gasteiger partial charge in [0.05, 0.1) is 0 Å². The number of hydrogen-bond acceptors (Lipinski definition) is 3.